The van der Waals surface area contributed by atoms with Crippen molar-refractivity contribution in [1.29, 1.82) is 0 Å². The summed E-state index contributed by atoms with van der Waals surface area (Å²) in [5, 5.41) is 31.8. The minimum absolute atomic E-state index is 0.0149. The van der Waals surface area contributed by atoms with Gasteiger partial charge in [-0.3, -0.25) is 14.4 Å². The topological polar surface area (TPSA) is 151 Å². The van der Waals surface area contributed by atoms with Crippen LogP contribution in [0, 0.1) is 24.7 Å². The van der Waals surface area contributed by atoms with Crippen molar-refractivity contribution in [2.45, 2.75) is 26.2 Å². The van der Waals surface area contributed by atoms with Gasteiger partial charge in [0.25, 0.3) is 5.91 Å². The minimum atomic E-state index is -1.12. The van der Waals surface area contributed by atoms with Crippen LogP contribution in [0.5, 0.6) is 5.75 Å². The van der Waals surface area contributed by atoms with Gasteiger partial charge in [-0.1, -0.05) is 12.1 Å². The van der Waals surface area contributed by atoms with Gasteiger partial charge in [-0.2, -0.15) is 0 Å². The van der Waals surface area contributed by atoms with Gasteiger partial charge in [-0.15, -0.1) is 11.3 Å². The number of allylic oxidation sites excluding steroid dienone is 3. The van der Waals surface area contributed by atoms with E-state index >= 15 is 0 Å². The molecular formula is C25H22N2O6S. The average molecular weight is 479 g/mol. The summed E-state index contributed by atoms with van der Waals surface area (Å²) in [6, 6.07) is 3.18. The number of fused-ring (bicyclic) bond motifs is 3. The van der Waals surface area contributed by atoms with Crippen LogP contribution in [-0.4, -0.2) is 37.8 Å². The number of carbonyl (C=O) groups excluding carboxylic acids is 3. The van der Waals surface area contributed by atoms with E-state index in [0.717, 1.165) is 16.1 Å². The number of phenolic OH excluding ortho intramolecular Hbond substituents is 1. The van der Waals surface area contributed by atoms with Crippen molar-refractivity contribution >= 4 is 41.0 Å². The van der Waals surface area contributed by atoms with Gasteiger partial charge in [0.1, 0.15) is 22.8 Å². The molecule has 3 aliphatic carbocycles. The molecule has 174 valence electrons. The molecule has 3 atom stereocenters. The maximum atomic E-state index is 13.5. The summed E-state index contributed by atoms with van der Waals surface area (Å²) in [7, 11) is 0. The maximum Gasteiger partial charge on any atom is 0.255 e. The summed E-state index contributed by atoms with van der Waals surface area (Å²) in [5.74, 6) is -5.31. The largest absolute Gasteiger partial charge is 0.511 e. The van der Waals surface area contributed by atoms with E-state index in [2.05, 4.69) is 4.98 Å². The second-order valence-electron chi connectivity index (χ2n) is 8.92. The number of aliphatic hydroxyl groups excluding tert-OH is 2. The van der Waals surface area contributed by atoms with Gasteiger partial charge in [-0.25, -0.2) is 4.98 Å². The number of ketones is 2. The van der Waals surface area contributed by atoms with Gasteiger partial charge in [0.2, 0.25) is 0 Å². The Balaban J connectivity index is 1.59. The Morgan fingerprint density at radius 3 is 2.62 bits per heavy atom. The summed E-state index contributed by atoms with van der Waals surface area (Å²) < 4.78 is 0. The SMILES string of the molecule is Cc1ncsc1/C=C/c1ccc(O)c2c1CC1CC3CC(O)=C(C(N)=O)C(=O)C3C(O)=C1C2=O. The second-order valence-corrected chi connectivity index (χ2v) is 9.81. The molecule has 0 spiro atoms. The third kappa shape index (κ3) is 3.27. The number of amides is 1. The van der Waals surface area contributed by atoms with E-state index < -0.39 is 46.6 Å². The summed E-state index contributed by atoms with van der Waals surface area (Å²) in [4.78, 5) is 43.3. The van der Waals surface area contributed by atoms with E-state index in [9.17, 15) is 29.7 Å². The first-order valence-electron chi connectivity index (χ1n) is 10.9. The van der Waals surface area contributed by atoms with Crippen LogP contribution in [-0.2, 0) is 16.0 Å². The van der Waals surface area contributed by atoms with Crippen molar-refractivity contribution < 1.29 is 29.7 Å². The fourth-order valence-corrected chi connectivity index (χ4v) is 6.15. The Hall–Kier alpha value is -3.72. The Bertz CT molecular complexity index is 1370. The van der Waals surface area contributed by atoms with E-state index in [4.69, 9.17) is 5.73 Å². The first-order valence-corrected chi connectivity index (χ1v) is 11.7. The highest BCUT2D eigenvalue weighted by Gasteiger charge is 2.50. The second kappa shape index (κ2) is 7.95. The Morgan fingerprint density at radius 2 is 1.94 bits per heavy atom. The molecule has 5 N–H and O–H groups in total. The number of nitrogens with zero attached hydrogens (tertiary/aromatic N) is 1. The lowest BCUT2D eigenvalue weighted by Gasteiger charge is -2.41. The Morgan fingerprint density at radius 1 is 1.18 bits per heavy atom. The molecule has 3 unspecified atom stereocenters. The zero-order valence-electron chi connectivity index (χ0n) is 18.2. The molecule has 3 aliphatic rings. The van der Waals surface area contributed by atoms with Crippen LogP contribution in [0.1, 0.15) is 44.9 Å². The number of Topliss-reactive ketones (excluding diaryl/α,β-unsaturated/α-hetero) is 2. The predicted molar refractivity (Wildman–Crippen MR) is 125 cm³/mol. The van der Waals surface area contributed by atoms with E-state index in [1.165, 1.54) is 17.4 Å². The lowest BCUT2D eigenvalue weighted by molar-refractivity contribution is -0.126. The summed E-state index contributed by atoms with van der Waals surface area (Å²) in [6.45, 7) is 1.91. The van der Waals surface area contributed by atoms with Crippen molar-refractivity contribution in [3.8, 4) is 5.75 Å². The lowest BCUT2D eigenvalue weighted by atomic mass is 9.62. The number of benzene rings is 1. The van der Waals surface area contributed by atoms with Crippen LogP contribution >= 0.6 is 11.3 Å². The van der Waals surface area contributed by atoms with Gasteiger partial charge in [-0.05, 0) is 54.9 Å². The number of carbonyl (C=O) groups is 3. The lowest BCUT2D eigenvalue weighted by Crippen LogP contribution is -2.43. The van der Waals surface area contributed by atoms with Crippen molar-refractivity contribution in [2.24, 2.45) is 23.5 Å². The van der Waals surface area contributed by atoms with E-state index in [0.29, 0.717) is 18.4 Å². The first kappa shape index (κ1) is 22.1. The molecule has 1 aromatic heterocycles. The zero-order valence-corrected chi connectivity index (χ0v) is 19.1. The number of aromatic hydroxyl groups is 1. The summed E-state index contributed by atoms with van der Waals surface area (Å²) >= 11 is 1.50. The molecular weight excluding hydrogens is 456 g/mol. The van der Waals surface area contributed by atoms with Crippen LogP contribution < -0.4 is 5.73 Å². The highest BCUT2D eigenvalue weighted by molar-refractivity contribution is 7.10. The molecule has 0 fully saturated rings. The van der Waals surface area contributed by atoms with E-state index in [-0.39, 0.29) is 29.1 Å². The normalized spacial score (nSPS) is 24.3. The molecule has 1 aromatic carbocycles. The van der Waals surface area contributed by atoms with Gasteiger partial charge >= 0.3 is 0 Å². The zero-order chi connectivity index (χ0) is 24.3. The highest BCUT2D eigenvalue weighted by Crippen LogP contribution is 2.49. The summed E-state index contributed by atoms with van der Waals surface area (Å²) in [6.07, 6.45) is 4.55. The van der Waals surface area contributed by atoms with Gasteiger partial charge in [0, 0.05) is 16.9 Å². The monoisotopic (exact) mass is 478 g/mol. The molecule has 0 saturated heterocycles. The predicted octanol–water partition coefficient (Wildman–Crippen LogP) is 3.40. The number of aromatic nitrogens is 1. The Labute approximate surface area is 198 Å². The van der Waals surface area contributed by atoms with E-state index in [1.54, 1.807) is 11.6 Å². The maximum absolute atomic E-state index is 13.5. The van der Waals surface area contributed by atoms with Crippen LogP contribution in [0.4, 0.5) is 0 Å². The van der Waals surface area contributed by atoms with Crippen molar-refractivity contribution in [1.82, 2.24) is 4.98 Å². The smallest absolute Gasteiger partial charge is 0.255 e. The number of primary amides is 1. The first-order chi connectivity index (χ1) is 16.2. The molecule has 1 amide bonds. The number of rotatable bonds is 3. The van der Waals surface area contributed by atoms with Gasteiger partial charge < -0.3 is 21.1 Å². The minimum Gasteiger partial charge on any atom is -0.511 e. The molecule has 0 aliphatic heterocycles. The van der Waals surface area contributed by atoms with Crippen molar-refractivity contribution in [3.05, 3.63) is 67.6 Å². The fourth-order valence-electron chi connectivity index (χ4n) is 5.46. The number of phenols is 1. The number of nitrogens with two attached hydrogens (primary N) is 1. The average Bonchev–Trinajstić information content (AvgIpc) is 3.17. The third-order valence-electron chi connectivity index (χ3n) is 7.00. The number of aliphatic hydroxyl groups is 2. The third-order valence-corrected chi connectivity index (χ3v) is 7.90. The van der Waals surface area contributed by atoms with Crippen LogP contribution in [0.3, 0.4) is 0 Å². The number of thiazole rings is 1. The van der Waals surface area contributed by atoms with Crippen molar-refractivity contribution in [3.63, 3.8) is 0 Å². The quantitative estimate of drug-likeness (QED) is 0.494. The summed E-state index contributed by atoms with van der Waals surface area (Å²) in [5.41, 5.74) is 9.02. The standard InChI is InChI=1S/C25H22N2O6S/c1-10-17(34-9-27-10)5-3-11-2-4-15(28)20-14(11)7-12-6-13-8-16(29)21(25(26)33)24(32)19(13)22(30)18(12)23(20)31/h2-5,9,12-13,19,28-30H,6-8H2,1H3,(H2,26,33)/b5-3+. The van der Waals surface area contributed by atoms with Crippen molar-refractivity contribution in [2.75, 3.05) is 0 Å². The number of aryl methyl sites for hydroxylation is 1. The molecule has 2 aromatic rings. The van der Waals surface area contributed by atoms with Crippen LogP contribution in [0.2, 0.25) is 0 Å². The van der Waals surface area contributed by atoms with Gasteiger partial charge in [0.05, 0.1) is 22.7 Å². The molecule has 0 bridgehead atoms. The van der Waals surface area contributed by atoms with Crippen LogP contribution in [0.25, 0.3) is 12.2 Å². The molecule has 5 rings (SSSR count). The number of hydrogen-bond donors (Lipinski definition) is 4. The fraction of sp³-hybridized carbons (Fsp3) is 0.280. The molecule has 8 nitrogen and oxygen atoms in total. The van der Waals surface area contributed by atoms with E-state index in [1.807, 2.05) is 19.1 Å². The molecule has 34 heavy (non-hydrogen) atoms. The van der Waals surface area contributed by atoms with Gasteiger partial charge in [0.15, 0.2) is 11.6 Å². The Kier molecular flexibility index (Phi) is 5.16. The van der Waals surface area contributed by atoms with Crippen LogP contribution in [0.15, 0.2) is 40.3 Å². The highest BCUT2D eigenvalue weighted by atomic mass is 32.1. The number of hydrogen-bond acceptors (Lipinski definition) is 8. The molecule has 0 radical (unpaired) electrons. The molecule has 0 saturated carbocycles. The molecule has 1 heterocycles. The molecule has 9 heteroatoms.